The van der Waals surface area contributed by atoms with Crippen LogP contribution < -0.4 is 5.32 Å². The van der Waals surface area contributed by atoms with Crippen molar-refractivity contribution in [2.24, 2.45) is 5.92 Å². The number of hydrogen-bond acceptors (Lipinski definition) is 4. The first-order chi connectivity index (χ1) is 11.1. The van der Waals surface area contributed by atoms with Crippen molar-refractivity contribution < 1.29 is 9.90 Å². The summed E-state index contributed by atoms with van der Waals surface area (Å²) < 4.78 is 1.59. The molecule has 1 aromatic carbocycles. The van der Waals surface area contributed by atoms with Crippen molar-refractivity contribution in [1.82, 2.24) is 20.3 Å². The summed E-state index contributed by atoms with van der Waals surface area (Å²) in [7, 11) is 0. The molecule has 0 aliphatic rings. The van der Waals surface area contributed by atoms with Crippen LogP contribution in [0.25, 0.3) is 5.69 Å². The summed E-state index contributed by atoms with van der Waals surface area (Å²) >= 11 is 0. The van der Waals surface area contributed by atoms with E-state index >= 15 is 0 Å². The number of aliphatic hydroxyl groups excluding tert-OH is 1. The Morgan fingerprint density at radius 3 is 2.70 bits per heavy atom. The molecule has 0 aliphatic carbocycles. The van der Waals surface area contributed by atoms with Crippen LogP contribution in [-0.4, -0.2) is 39.2 Å². The number of benzene rings is 1. The molecule has 2 aromatic rings. The number of nitrogens with zero attached hydrogens (tertiary/aromatic N) is 3. The quantitative estimate of drug-likeness (QED) is 0.781. The molecular weight excluding hydrogens is 292 g/mol. The van der Waals surface area contributed by atoms with Crippen molar-refractivity contribution in [3.63, 3.8) is 0 Å². The lowest BCUT2D eigenvalue weighted by atomic mass is 10.0. The molecule has 124 valence electrons. The summed E-state index contributed by atoms with van der Waals surface area (Å²) in [6, 6.07) is 7.84. The molecule has 1 aromatic heterocycles. The first kappa shape index (κ1) is 17.1. The molecule has 1 amide bonds. The molecule has 0 aliphatic heterocycles. The van der Waals surface area contributed by atoms with Crippen molar-refractivity contribution in [1.29, 1.82) is 0 Å². The highest BCUT2D eigenvalue weighted by atomic mass is 16.3. The second-order valence-electron chi connectivity index (χ2n) is 5.76. The van der Waals surface area contributed by atoms with Gasteiger partial charge in [0.2, 0.25) is 0 Å². The van der Waals surface area contributed by atoms with Crippen LogP contribution in [0.15, 0.2) is 30.5 Å². The summed E-state index contributed by atoms with van der Waals surface area (Å²) in [5.41, 5.74) is 2.33. The Kier molecular flexibility index (Phi) is 6.29. The van der Waals surface area contributed by atoms with Crippen LogP contribution in [0.4, 0.5) is 0 Å². The predicted octanol–water partition coefficient (Wildman–Crippen LogP) is 2.10. The van der Waals surface area contributed by atoms with E-state index < -0.39 is 0 Å². The first-order valence-electron chi connectivity index (χ1n) is 8.02. The lowest BCUT2D eigenvalue weighted by Crippen LogP contribution is -2.30. The highest BCUT2D eigenvalue weighted by Gasteiger charge is 2.14. The molecule has 0 bridgehead atoms. The third-order valence-corrected chi connectivity index (χ3v) is 3.81. The van der Waals surface area contributed by atoms with Gasteiger partial charge in [-0.2, -0.15) is 0 Å². The van der Waals surface area contributed by atoms with Crippen LogP contribution in [0.3, 0.4) is 0 Å². The maximum atomic E-state index is 12.2. The van der Waals surface area contributed by atoms with Gasteiger partial charge in [-0.1, -0.05) is 36.3 Å². The number of aryl methyl sites for hydroxylation is 1. The van der Waals surface area contributed by atoms with Gasteiger partial charge in [-0.05, 0) is 37.8 Å². The fourth-order valence-corrected chi connectivity index (χ4v) is 2.46. The van der Waals surface area contributed by atoms with Gasteiger partial charge in [0.1, 0.15) is 0 Å². The van der Waals surface area contributed by atoms with Crippen LogP contribution >= 0.6 is 0 Å². The average molecular weight is 316 g/mol. The minimum atomic E-state index is -0.234. The van der Waals surface area contributed by atoms with Gasteiger partial charge in [-0.3, -0.25) is 4.79 Å². The van der Waals surface area contributed by atoms with Crippen molar-refractivity contribution in [2.45, 2.75) is 33.1 Å². The summed E-state index contributed by atoms with van der Waals surface area (Å²) in [6.07, 6.45) is 4.34. The number of carbonyl (C=O) groups excluding carboxylic acids is 1. The topological polar surface area (TPSA) is 80.0 Å². The van der Waals surface area contributed by atoms with E-state index in [1.807, 2.05) is 31.2 Å². The zero-order chi connectivity index (χ0) is 16.7. The third kappa shape index (κ3) is 4.89. The summed E-state index contributed by atoms with van der Waals surface area (Å²) in [6.45, 7) is 4.80. The minimum absolute atomic E-state index is 0.143. The number of amides is 1. The average Bonchev–Trinajstić information content (AvgIpc) is 3.03. The molecule has 2 rings (SSSR count). The van der Waals surface area contributed by atoms with E-state index in [0.717, 1.165) is 24.1 Å². The minimum Gasteiger partial charge on any atom is -0.396 e. The Balaban J connectivity index is 1.96. The Morgan fingerprint density at radius 2 is 2.04 bits per heavy atom. The molecule has 6 heteroatoms. The molecule has 1 unspecified atom stereocenters. The van der Waals surface area contributed by atoms with Gasteiger partial charge < -0.3 is 10.4 Å². The third-order valence-electron chi connectivity index (χ3n) is 3.81. The molecule has 0 saturated heterocycles. The molecule has 23 heavy (non-hydrogen) atoms. The smallest absolute Gasteiger partial charge is 0.273 e. The maximum absolute atomic E-state index is 12.2. The van der Waals surface area contributed by atoms with Gasteiger partial charge in [-0.25, -0.2) is 4.68 Å². The number of carbonyl (C=O) groups is 1. The van der Waals surface area contributed by atoms with Crippen molar-refractivity contribution in [3.8, 4) is 5.69 Å². The summed E-state index contributed by atoms with van der Waals surface area (Å²) in [4.78, 5) is 12.2. The van der Waals surface area contributed by atoms with E-state index in [2.05, 4.69) is 22.6 Å². The van der Waals surface area contributed by atoms with E-state index in [4.69, 9.17) is 5.11 Å². The lowest BCUT2D eigenvalue weighted by Gasteiger charge is -2.14. The molecule has 0 fully saturated rings. The SMILES string of the molecule is CCCC(CCO)CNC(=O)c1cn(-c2ccc(C)cc2)nn1. The Labute approximate surface area is 136 Å². The zero-order valence-corrected chi connectivity index (χ0v) is 13.7. The second kappa shape index (κ2) is 8.43. The molecule has 1 atom stereocenters. The maximum Gasteiger partial charge on any atom is 0.273 e. The normalized spacial score (nSPS) is 12.1. The Morgan fingerprint density at radius 1 is 1.30 bits per heavy atom. The molecular formula is C17H24N4O2. The van der Waals surface area contributed by atoms with Gasteiger partial charge >= 0.3 is 0 Å². The Hall–Kier alpha value is -2.21. The molecule has 2 N–H and O–H groups in total. The highest BCUT2D eigenvalue weighted by Crippen LogP contribution is 2.11. The van der Waals surface area contributed by atoms with E-state index in [1.165, 1.54) is 0 Å². The van der Waals surface area contributed by atoms with Gasteiger partial charge in [0, 0.05) is 13.2 Å². The number of aliphatic hydroxyl groups is 1. The summed E-state index contributed by atoms with van der Waals surface area (Å²) in [5.74, 6) is 0.0588. The van der Waals surface area contributed by atoms with E-state index in [9.17, 15) is 4.79 Å². The zero-order valence-electron chi connectivity index (χ0n) is 13.7. The molecule has 0 saturated carbocycles. The van der Waals surface area contributed by atoms with Crippen LogP contribution in [0, 0.1) is 12.8 Å². The fraction of sp³-hybridized carbons (Fsp3) is 0.471. The largest absolute Gasteiger partial charge is 0.396 e. The molecule has 1 heterocycles. The molecule has 0 radical (unpaired) electrons. The van der Waals surface area contributed by atoms with Crippen molar-refractivity contribution >= 4 is 5.91 Å². The number of nitrogens with one attached hydrogen (secondary N) is 1. The molecule has 6 nitrogen and oxygen atoms in total. The van der Waals surface area contributed by atoms with Crippen molar-refractivity contribution in [2.75, 3.05) is 13.2 Å². The summed E-state index contributed by atoms with van der Waals surface area (Å²) in [5, 5.41) is 19.9. The van der Waals surface area contributed by atoms with Gasteiger partial charge in [0.25, 0.3) is 5.91 Å². The van der Waals surface area contributed by atoms with Crippen LogP contribution in [0.2, 0.25) is 0 Å². The predicted molar refractivity (Wildman–Crippen MR) is 88.5 cm³/mol. The fourth-order valence-electron chi connectivity index (χ4n) is 2.46. The monoisotopic (exact) mass is 316 g/mol. The molecule has 0 spiro atoms. The van der Waals surface area contributed by atoms with Crippen molar-refractivity contribution in [3.05, 3.63) is 41.7 Å². The lowest BCUT2D eigenvalue weighted by molar-refractivity contribution is 0.0938. The van der Waals surface area contributed by atoms with Crippen LogP contribution in [0.1, 0.15) is 42.2 Å². The number of hydrogen-bond donors (Lipinski definition) is 2. The number of aromatic nitrogens is 3. The van der Waals surface area contributed by atoms with Gasteiger partial charge in [0.05, 0.1) is 11.9 Å². The van der Waals surface area contributed by atoms with E-state index in [-0.39, 0.29) is 12.5 Å². The van der Waals surface area contributed by atoms with Crippen LogP contribution in [0.5, 0.6) is 0 Å². The van der Waals surface area contributed by atoms with E-state index in [0.29, 0.717) is 24.6 Å². The Bertz CT molecular complexity index is 616. The van der Waals surface area contributed by atoms with E-state index in [1.54, 1.807) is 10.9 Å². The highest BCUT2D eigenvalue weighted by molar-refractivity contribution is 5.91. The van der Waals surface area contributed by atoms with Gasteiger partial charge in [0.15, 0.2) is 5.69 Å². The second-order valence-corrected chi connectivity index (χ2v) is 5.76. The standard InChI is InChI=1S/C17H24N4O2/c1-3-4-14(9-10-22)11-18-17(23)16-12-21(20-19-16)15-7-5-13(2)6-8-15/h5-8,12,14,22H,3-4,9-11H2,1-2H3,(H,18,23). The van der Waals surface area contributed by atoms with Crippen LogP contribution in [-0.2, 0) is 0 Å². The number of rotatable bonds is 8. The first-order valence-corrected chi connectivity index (χ1v) is 8.02. The van der Waals surface area contributed by atoms with Gasteiger partial charge in [-0.15, -0.1) is 5.10 Å².